The van der Waals surface area contributed by atoms with E-state index in [2.05, 4.69) is 10.3 Å². The van der Waals surface area contributed by atoms with Gasteiger partial charge in [0.05, 0.1) is 11.2 Å². The largest absolute Gasteiger partial charge is 0.507 e. The number of carbonyl (C=O) groups excluding carboxylic acids is 1. The summed E-state index contributed by atoms with van der Waals surface area (Å²) in [6.45, 7) is 9.45. The van der Waals surface area contributed by atoms with Crippen molar-refractivity contribution in [1.82, 2.24) is 4.98 Å². The van der Waals surface area contributed by atoms with Gasteiger partial charge >= 0.3 is 0 Å². The van der Waals surface area contributed by atoms with Gasteiger partial charge in [0.2, 0.25) is 0 Å². The number of nitrogens with one attached hydrogen (secondary N) is 1. The monoisotopic (exact) mass is 390 g/mol. The number of phenolic OH excluding ortho intramolecular Hbond substituents is 1. The van der Waals surface area contributed by atoms with Crippen molar-refractivity contribution >= 4 is 22.5 Å². The van der Waals surface area contributed by atoms with Crippen molar-refractivity contribution in [2.75, 3.05) is 5.32 Å². The van der Waals surface area contributed by atoms with E-state index in [1.165, 1.54) is 0 Å². The number of pyridine rings is 1. The van der Waals surface area contributed by atoms with Gasteiger partial charge in [-0.05, 0) is 69.9 Å². The summed E-state index contributed by atoms with van der Waals surface area (Å²) in [5, 5.41) is 14.3. The first kappa shape index (κ1) is 19.2. The number of aryl methyl sites for hydroxylation is 1. The third-order valence-corrected chi connectivity index (χ3v) is 6.09. The lowest BCUT2D eigenvalue weighted by Gasteiger charge is -2.36. The van der Waals surface area contributed by atoms with Crippen LogP contribution in [0.4, 0.5) is 5.69 Å². The second-order valence-electron chi connectivity index (χ2n) is 8.15. The van der Waals surface area contributed by atoms with E-state index in [0.717, 1.165) is 50.3 Å². The summed E-state index contributed by atoms with van der Waals surface area (Å²) in [6.07, 6.45) is 1.21. The van der Waals surface area contributed by atoms with Gasteiger partial charge in [0.1, 0.15) is 11.5 Å². The van der Waals surface area contributed by atoms with Gasteiger partial charge < -0.3 is 15.2 Å². The van der Waals surface area contributed by atoms with E-state index < -0.39 is 5.60 Å². The highest BCUT2D eigenvalue weighted by molar-refractivity contribution is 6.04. The Kier molecular flexibility index (Phi) is 4.49. The molecule has 29 heavy (non-hydrogen) atoms. The molecule has 5 nitrogen and oxygen atoms in total. The predicted molar refractivity (Wildman–Crippen MR) is 115 cm³/mol. The van der Waals surface area contributed by atoms with Gasteiger partial charge in [0, 0.05) is 23.1 Å². The molecule has 0 saturated carbocycles. The fourth-order valence-electron chi connectivity index (χ4n) is 4.07. The molecule has 0 radical (unpaired) electrons. The Morgan fingerprint density at radius 1 is 1.14 bits per heavy atom. The first-order chi connectivity index (χ1) is 13.7. The number of benzene rings is 2. The Morgan fingerprint density at radius 3 is 2.62 bits per heavy atom. The molecule has 2 heterocycles. The summed E-state index contributed by atoms with van der Waals surface area (Å²) in [5.74, 6) is 0.857. The van der Waals surface area contributed by atoms with E-state index in [-0.39, 0.29) is 5.91 Å². The highest BCUT2D eigenvalue weighted by atomic mass is 16.5. The average Bonchev–Trinajstić information content (AvgIpc) is 2.70. The molecule has 0 aliphatic carbocycles. The number of rotatable bonds is 2. The zero-order valence-corrected chi connectivity index (χ0v) is 17.5. The number of anilines is 1. The normalized spacial score (nSPS) is 18.2. The minimum absolute atomic E-state index is 0.179. The molecule has 2 aromatic carbocycles. The lowest BCUT2D eigenvalue weighted by atomic mass is 9.86. The number of carbonyl (C=O) groups is 1. The van der Waals surface area contributed by atoms with Crippen molar-refractivity contribution in [3.8, 4) is 11.5 Å². The number of hydrogen-bond acceptors (Lipinski definition) is 4. The molecule has 0 spiro atoms. The van der Waals surface area contributed by atoms with Crippen molar-refractivity contribution in [3.05, 3.63) is 58.3 Å². The molecule has 1 atom stereocenters. The number of amides is 1. The van der Waals surface area contributed by atoms with Crippen LogP contribution in [0.1, 0.15) is 41.3 Å². The zero-order valence-electron chi connectivity index (χ0n) is 17.5. The van der Waals surface area contributed by atoms with Gasteiger partial charge in [-0.25, -0.2) is 0 Å². The number of para-hydroxylation sites is 1. The predicted octanol–water partition coefficient (Wildman–Crippen LogP) is 4.90. The van der Waals surface area contributed by atoms with Gasteiger partial charge in [-0.3, -0.25) is 9.78 Å². The highest BCUT2D eigenvalue weighted by Gasteiger charge is 2.41. The maximum absolute atomic E-state index is 13.3. The summed E-state index contributed by atoms with van der Waals surface area (Å²) in [7, 11) is 0. The lowest BCUT2D eigenvalue weighted by molar-refractivity contribution is -0.131. The number of aromatic hydroxyl groups is 1. The van der Waals surface area contributed by atoms with Crippen LogP contribution in [0.3, 0.4) is 0 Å². The molecule has 0 bridgehead atoms. The minimum atomic E-state index is -0.994. The summed E-state index contributed by atoms with van der Waals surface area (Å²) in [4.78, 5) is 17.8. The molecule has 5 heteroatoms. The SMILES string of the molecule is Cc1cc(NC(=O)C2(C)CCc3c(C)c(O)c(C)c(C)c3O2)c2ccccc2n1. The smallest absolute Gasteiger partial charge is 0.268 e. The van der Waals surface area contributed by atoms with Crippen LogP contribution in [0.5, 0.6) is 11.5 Å². The molecule has 1 aliphatic rings. The number of phenols is 1. The van der Waals surface area contributed by atoms with E-state index in [1.807, 2.05) is 65.0 Å². The Morgan fingerprint density at radius 2 is 1.86 bits per heavy atom. The van der Waals surface area contributed by atoms with E-state index in [4.69, 9.17) is 4.74 Å². The van der Waals surface area contributed by atoms with Crippen molar-refractivity contribution in [1.29, 1.82) is 0 Å². The quantitative estimate of drug-likeness (QED) is 0.653. The Balaban J connectivity index is 1.69. The molecular formula is C24H26N2O3. The van der Waals surface area contributed by atoms with Crippen LogP contribution in [0.15, 0.2) is 30.3 Å². The molecular weight excluding hydrogens is 364 g/mol. The Hall–Kier alpha value is -3.08. The standard InChI is InChI=1S/C24H26N2O3/c1-13-12-20(18-8-6-7-9-19(18)25-13)26-23(28)24(5)11-10-17-16(4)21(27)14(2)15(3)22(17)29-24/h6-9,12,27H,10-11H2,1-5H3,(H,25,26,28). The Labute approximate surface area is 170 Å². The van der Waals surface area contributed by atoms with Crippen molar-refractivity contribution in [2.45, 2.75) is 53.1 Å². The molecule has 1 amide bonds. The van der Waals surface area contributed by atoms with Gasteiger partial charge in [0.15, 0.2) is 5.60 Å². The van der Waals surface area contributed by atoms with Crippen LogP contribution < -0.4 is 10.1 Å². The van der Waals surface area contributed by atoms with Crippen LogP contribution in [-0.2, 0) is 11.2 Å². The van der Waals surface area contributed by atoms with E-state index in [1.54, 1.807) is 0 Å². The summed E-state index contributed by atoms with van der Waals surface area (Å²) >= 11 is 0. The first-order valence-electron chi connectivity index (χ1n) is 9.90. The fourth-order valence-corrected chi connectivity index (χ4v) is 4.07. The summed E-state index contributed by atoms with van der Waals surface area (Å²) < 4.78 is 6.30. The lowest BCUT2D eigenvalue weighted by Crippen LogP contribution is -2.48. The van der Waals surface area contributed by atoms with Gasteiger partial charge in [0.25, 0.3) is 5.91 Å². The second-order valence-corrected chi connectivity index (χ2v) is 8.15. The Bertz CT molecular complexity index is 1150. The van der Waals surface area contributed by atoms with Crippen LogP contribution in [-0.4, -0.2) is 21.6 Å². The molecule has 1 aromatic heterocycles. The number of hydrogen-bond donors (Lipinski definition) is 2. The topological polar surface area (TPSA) is 71.5 Å². The van der Waals surface area contributed by atoms with Gasteiger partial charge in [-0.1, -0.05) is 18.2 Å². The fraction of sp³-hybridized carbons (Fsp3) is 0.333. The summed E-state index contributed by atoms with van der Waals surface area (Å²) in [6, 6.07) is 9.65. The number of fused-ring (bicyclic) bond motifs is 2. The molecule has 1 unspecified atom stereocenters. The molecule has 2 N–H and O–H groups in total. The van der Waals surface area contributed by atoms with Crippen molar-refractivity contribution in [3.63, 3.8) is 0 Å². The zero-order chi connectivity index (χ0) is 20.9. The molecule has 4 rings (SSSR count). The second kappa shape index (κ2) is 6.76. The van der Waals surface area contributed by atoms with Crippen LogP contribution in [0.2, 0.25) is 0 Å². The van der Waals surface area contributed by atoms with E-state index >= 15 is 0 Å². The van der Waals surface area contributed by atoms with Crippen LogP contribution >= 0.6 is 0 Å². The molecule has 0 fully saturated rings. The third-order valence-electron chi connectivity index (χ3n) is 6.09. The molecule has 1 aliphatic heterocycles. The van der Waals surface area contributed by atoms with Gasteiger partial charge in [-0.2, -0.15) is 0 Å². The average molecular weight is 390 g/mol. The molecule has 3 aromatic rings. The number of ether oxygens (including phenoxy) is 1. The van der Waals surface area contributed by atoms with E-state index in [0.29, 0.717) is 18.6 Å². The minimum Gasteiger partial charge on any atom is -0.507 e. The molecule has 150 valence electrons. The third kappa shape index (κ3) is 3.11. The highest BCUT2D eigenvalue weighted by Crippen LogP contribution is 2.43. The van der Waals surface area contributed by atoms with E-state index in [9.17, 15) is 9.90 Å². The van der Waals surface area contributed by atoms with Gasteiger partial charge in [-0.15, -0.1) is 0 Å². The van der Waals surface area contributed by atoms with Crippen molar-refractivity contribution in [2.24, 2.45) is 0 Å². The first-order valence-corrected chi connectivity index (χ1v) is 9.90. The summed E-state index contributed by atoms with van der Waals surface area (Å²) in [5.41, 5.74) is 4.93. The van der Waals surface area contributed by atoms with Crippen LogP contribution in [0.25, 0.3) is 10.9 Å². The number of nitrogens with zero attached hydrogens (tertiary/aromatic N) is 1. The maximum atomic E-state index is 13.3. The molecule has 0 saturated heterocycles. The maximum Gasteiger partial charge on any atom is 0.268 e. The van der Waals surface area contributed by atoms with Crippen molar-refractivity contribution < 1.29 is 14.6 Å². The number of aromatic nitrogens is 1. The van der Waals surface area contributed by atoms with Crippen LogP contribution in [0, 0.1) is 27.7 Å².